The van der Waals surface area contributed by atoms with Crippen molar-refractivity contribution < 1.29 is 38.6 Å². The molecule has 3 aromatic carbocycles. The summed E-state index contributed by atoms with van der Waals surface area (Å²) in [5.41, 5.74) is 6.82. The lowest BCUT2D eigenvalue weighted by atomic mass is 10.1. The molecule has 3 rings (SSSR count). The Kier molecular flexibility index (Phi) is 8.94. The summed E-state index contributed by atoms with van der Waals surface area (Å²) in [7, 11) is 0. The molecule has 0 unspecified atom stereocenters. The molecular weight excluding hydrogens is 492 g/mol. The van der Waals surface area contributed by atoms with E-state index in [9.17, 15) is 29.1 Å². The molecule has 10 heteroatoms. The van der Waals surface area contributed by atoms with E-state index in [-0.39, 0.29) is 16.7 Å². The molecule has 0 aliphatic carbocycles. The van der Waals surface area contributed by atoms with E-state index in [4.69, 9.17) is 9.47 Å². The maximum absolute atomic E-state index is 13.0. The zero-order valence-electron chi connectivity index (χ0n) is 20.9. The van der Waals surface area contributed by atoms with Crippen LogP contribution in [0.1, 0.15) is 47.8 Å². The van der Waals surface area contributed by atoms with Crippen molar-refractivity contribution in [2.75, 3.05) is 0 Å². The summed E-state index contributed by atoms with van der Waals surface area (Å²) in [5.74, 6) is -5.75. The van der Waals surface area contributed by atoms with Gasteiger partial charge in [0.1, 0.15) is 0 Å². The van der Waals surface area contributed by atoms with Crippen LogP contribution >= 0.6 is 0 Å². The van der Waals surface area contributed by atoms with Gasteiger partial charge in [-0.25, -0.2) is 14.4 Å². The first-order chi connectivity index (χ1) is 18.0. The minimum Gasteiger partial charge on any atom is -0.478 e. The molecule has 0 saturated heterocycles. The molecular formula is C28H26N2O8. The number of benzene rings is 3. The van der Waals surface area contributed by atoms with E-state index in [1.54, 1.807) is 50.2 Å². The number of carbonyl (C=O) groups is 5. The zero-order chi connectivity index (χ0) is 27.8. The van der Waals surface area contributed by atoms with Crippen molar-refractivity contribution in [3.8, 4) is 0 Å². The first kappa shape index (κ1) is 27.6. The summed E-state index contributed by atoms with van der Waals surface area (Å²) < 4.78 is 10.3. The van der Waals surface area contributed by atoms with Gasteiger partial charge in [-0.3, -0.25) is 20.4 Å². The number of carboxylic acids is 1. The highest BCUT2D eigenvalue weighted by molar-refractivity contribution is 5.99. The number of nitrogens with one attached hydrogen (secondary N) is 2. The van der Waals surface area contributed by atoms with Crippen LogP contribution < -0.4 is 10.9 Å². The van der Waals surface area contributed by atoms with Crippen LogP contribution in [0.5, 0.6) is 0 Å². The summed E-state index contributed by atoms with van der Waals surface area (Å²) in [6, 6.07) is 18.8. The van der Waals surface area contributed by atoms with Crippen molar-refractivity contribution in [3.05, 3.63) is 106 Å². The summed E-state index contributed by atoms with van der Waals surface area (Å²) in [6.07, 6.45) is -4.37. The fourth-order valence-corrected chi connectivity index (χ4v) is 3.37. The van der Waals surface area contributed by atoms with Gasteiger partial charge in [-0.05, 0) is 57.2 Å². The van der Waals surface area contributed by atoms with Crippen molar-refractivity contribution in [2.45, 2.75) is 33.0 Å². The fourth-order valence-electron chi connectivity index (χ4n) is 3.37. The molecule has 3 N–H and O–H groups in total. The summed E-state index contributed by atoms with van der Waals surface area (Å²) in [5, 5.41) is 9.82. The molecule has 2 amide bonds. The summed E-state index contributed by atoms with van der Waals surface area (Å²) in [4.78, 5) is 63.1. The van der Waals surface area contributed by atoms with E-state index in [1.165, 1.54) is 36.4 Å². The van der Waals surface area contributed by atoms with E-state index in [0.717, 1.165) is 5.56 Å². The molecule has 196 valence electrons. The predicted molar refractivity (Wildman–Crippen MR) is 135 cm³/mol. The van der Waals surface area contributed by atoms with Gasteiger partial charge in [-0.1, -0.05) is 53.1 Å². The van der Waals surface area contributed by atoms with Gasteiger partial charge in [0.2, 0.25) is 12.2 Å². The Bertz CT molecular complexity index is 1370. The maximum Gasteiger partial charge on any atom is 0.349 e. The van der Waals surface area contributed by atoms with Gasteiger partial charge in [0, 0.05) is 5.56 Å². The van der Waals surface area contributed by atoms with Gasteiger partial charge >= 0.3 is 17.9 Å². The molecule has 0 aromatic heterocycles. The molecule has 0 aliphatic heterocycles. The van der Waals surface area contributed by atoms with Crippen molar-refractivity contribution in [3.63, 3.8) is 0 Å². The highest BCUT2D eigenvalue weighted by atomic mass is 16.6. The molecule has 0 saturated carbocycles. The minimum absolute atomic E-state index is 0.0353. The number of ether oxygens (including phenoxy) is 2. The smallest absolute Gasteiger partial charge is 0.349 e. The Hall–Kier alpha value is -4.99. The maximum atomic E-state index is 13.0. The monoisotopic (exact) mass is 518 g/mol. The number of hydrogen-bond donors (Lipinski definition) is 3. The van der Waals surface area contributed by atoms with Crippen LogP contribution in [-0.4, -0.2) is 47.0 Å². The number of amides is 2. The number of esters is 2. The molecule has 3 aromatic rings. The third-order valence-electron chi connectivity index (χ3n) is 5.37. The van der Waals surface area contributed by atoms with Crippen molar-refractivity contribution >= 4 is 29.7 Å². The molecule has 0 radical (unpaired) electrons. The lowest BCUT2D eigenvalue weighted by Gasteiger charge is -2.23. The normalized spacial score (nSPS) is 12.0. The highest BCUT2D eigenvalue weighted by Crippen LogP contribution is 2.15. The number of hydrogen-bond acceptors (Lipinski definition) is 7. The van der Waals surface area contributed by atoms with Crippen LogP contribution in [-0.2, 0) is 19.1 Å². The molecule has 2 atom stereocenters. The molecule has 0 heterocycles. The molecule has 38 heavy (non-hydrogen) atoms. The fraction of sp³-hybridized carbons (Fsp3) is 0.179. The average Bonchev–Trinajstić information content (AvgIpc) is 2.89. The van der Waals surface area contributed by atoms with Crippen LogP contribution in [0.3, 0.4) is 0 Å². The largest absolute Gasteiger partial charge is 0.478 e. The van der Waals surface area contributed by atoms with E-state index in [1.807, 2.05) is 6.92 Å². The van der Waals surface area contributed by atoms with Gasteiger partial charge in [0.15, 0.2) is 0 Å². The van der Waals surface area contributed by atoms with Gasteiger partial charge < -0.3 is 14.6 Å². The predicted octanol–water partition coefficient (Wildman–Crippen LogP) is 2.91. The number of hydrazine groups is 1. The molecule has 0 spiro atoms. The topological polar surface area (TPSA) is 148 Å². The lowest BCUT2D eigenvalue weighted by molar-refractivity contribution is -0.159. The average molecular weight is 519 g/mol. The van der Waals surface area contributed by atoms with Crippen LogP contribution in [0.4, 0.5) is 0 Å². The van der Waals surface area contributed by atoms with Crippen LogP contribution in [0.15, 0.2) is 72.8 Å². The number of carbonyl (C=O) groups excluding carboxylic acids is 4. The second-order valence-electron chi connectivity index (χ2n) is 8.54. The summed E-state index contributed by atoms with van der Waals surface area (Å²) in [6.45, 7) is 5.29. The Morgan fingerprint density at radius 3 is 1.61 bits per heavy atom. The third-order valence-corrected chi connectivity index (χ3v) is 5.37. The van der Waals surface area contributed by atoms with E-state index in [0.29, 0.717) is 11.1 Å². The number of rotatable bonds is 8. The number of carboxylic acid groups (broad SMARTS) is 1. The standard InChI is InChI=1S/C28H26N2O8/c1-16-10-12-19(13-11-16)24(31)29-30-25(32)22(37-27(35)20-8-4-6-17(2)14-20)23(26(33)34)38-28(36)21-9-5-7-18(3)15-21/h4-15,22-23H,1-3H3,(H,29,31)(H,30,32)(H,33,34)/t22-,23+/m1/s1. The Labute approximate surface area is 218 Å². The lowest BCUT2D eigenvalue weighted by Crippen LogP contribution is -2.54. The van der Waals surface area contributed by atoms with Gasteiger partial charge in [0.05, 0.1) is 11.1 Å². The zero-order valence-corrected chi connectivity index (χ0v) is 20.9. The van der Waals surface area contributed by atoms with Gasteiger partial charge in [0.25, 0.3) is 11.8 Å². The Morgan fingerprint density at radius 1 is 0.632 bits per heavy atom. The highest BCUT2D eigenvalue weighted by Gasteiger charge is 2.41. The summed E-state index contributed by atoms with van der Waals surface area (Å²) >= 11 is 0. The molecule has 10 nitrogen and oxygen atoms in total. The van der Waals surface area contributed by atoms with E-state index < -0.39 is 41.9 Å². The first-order valence-corrected chi connectivity index (χ1v) is 11.5. The number of aryl methyl sites for hydroxylation is 3. The third kappa shape index (κ3) is 7.26. The second-order valence-corrected chi connectivity index (χ2v) is 8.54. The minimum atomic E-state index is -2.23. The SMILES string of the molecule is Cc1ccc(C(=O)NNC(=O)[C@H](OC(=O)c2cccc(C)c2)[C@H](OC(=O)c2cccc(C)c2)C(=O)O)cc1. The Morgan fingerprint density at radius 2 is 1.13 bits per heavy atom. The van der Waals surface area contributed by atoms with Gasteiger partial charge in [-0.15, -0.1) is 0 Å². The number of aliphatic carboxylic acids is 1. The van der Waals surface area contributed by atoms with E-state index in [2.05, 4.69) is 10.9 Å². The quantitative estimate of drug-likeness (QED) is 0.305. The van der Waals surface area contributed by atoms with Crippen molar-refractivity contribution in [2.24, 2.45) is 0 Å². The molecule has 0 aliphatic rings. The van der Waals surface area contributed by atoms with Crippen LogP contribution in [0.25, 0.3) is 0 Å². The van der Waals surface area contributed by atoms with Crippen LogP contribution in [0, 0.1) is 20.8 Å². The van der Waals surface area contributed by atoms with Crippen molar-refractivity contribution in [1.29, 1.82) is 0 Å². The van der Waals surface area contributed by atoms with E-state index >= 15 is 0 Å². The Balaban J connectivity index is 1.85. The second kappa shape index (κ2) is 12.3. The molecule has 0 bridgehead atoms. The molecule has 0 fully saturated rings. The van der Waals surface area contributed by atoms with Gasteiger partial charge in [-0.2, -0.15) is 0 Å². The first-order valence-electron chi connectivity index (χ1n) is 11.5. The van der Waals surface area contributed by atoms with Crippen LogP contribution in [0.2, 0.25) is 0 Å². The van der Waals surface area contributed by atoms with Crippen molar-refractivity contribution in [1.82, 2.24) is 10.9 Å².